The van der Waals surface area contributed by atoms with Crippen LogP contribution in [-0.2, 0) is 17.8 Å². The van der Waals surface area contributed by atoms with Crippen LogP contribution in [0.2, 0.25) is 0 Å². The van der Waals surface area contributed by atoms with Crippen LogP contribution in [0.15, 0.2) is 23.0 Å². The summed E-state index contributed by atoms with van der Waals surface area (Å²) in [4.78, 5) is 23.2. The number of carboxylic acid groups (broad SMARTS) is 1. The molecule has 0 bridgehead atoms. The molecule has 21 heavy (non-hydrogen) atoms. The van der Waals surface area contributed by atoms with Gasteiger partial charge in [0.25, 0.3) is 0 Å². The highest BCUT2D eigenvalue weighted by molar-refractivity contribution is 5.81. The molecule has 2 aromatic rings. The third-order valence-corrected chi connectivity index (χ3v) is 4.24. The van der Waals surface area contributed by atoms with E-state index in [2.05, 4.69) is 5.10 Å². The summed E-state index contributed by atoms with van der Waals surface area (Å²) in [5.74, 6) is -0.443. The minimum atomic E-state index is -1.03. The van der Waals surface area contributed by atoms with E-state index in [1.165, 1.54) is 24.8 Å². The summed E-state index contributed by atoms with van der Waals surface area (Å²) >= 11 is 0. The van der Waals surface area contributed by atoms with Gasteiger partial charge in [0.15, 0.2) is 0 Å². The second-order valence-corrected chi connectivity index (χ2v) is 5.57. The lowest BCUT2D eigenvalue weighted by Gasteiger charge is -2.26. The third-order valence-electron chi connectivity index (χ3n) is 4.24. The molecule has 0 aliphatic heterocycles. The molecule has 0 atom stereocenters. The Morgan fingerprint density at radius 1 is 1.43 bits per heavy atom. The lowest BCUT2D eigenvalue weighted by Crippen LogP contribution is -2.22. The molecule has 0 unspecified atom stereocenters. The largest absolute Gasteiger partial charge is 0.481 e. The van der Waals surface area contributed by atoms with Crippen molar-refractivity contribution in [2.24, 2.45) is 0 Å². The van der Waals surface area contributed by atoms with Crippen molar-refractivity contribution in [3.8, 4) is 0 Å². The molecule has 1 aromatic heterocycles. The Labute approximate surface area is 122 Å². The smallest absolute Gasteiger partial charge is 0.309 e. The molecule has 1 aromatic carbocycles. The van der Waals surface area contributed by atoms with Crippen molar-refractivity contribution in [2.45, 2.75) is 45.1 Å². The molecule has 1 heterocycles. The Morgan fingerprint density at radius 2 is 2.19 bits per heavy atom. The Bertz CT molecular complexity index is 760. The van der Waals surface area contributed by atoms with Crippen LogP contribution >= 0.6 is 0 Å². The summed E-state index contributed by atoms with van der Waals surface area (Å²) < 4.78 is 1.73. The van der Waals surface area contributed by atoms with Crippen LogP contribution in [0.3, 0.4) is 0 Å². The minimum absolute atomic E-state index is 0.105. The van der Waals surface area contributed by atoms with Crippen molar-refractivity contribution in [3.05, 3.63) is 39.7 Å². The molecule has 1 aliphatic carbocycles. The average molecular weight is 286 g/mol. The second kappa shape index (κ2) is 5.31. The maximum atomic E-state index is 12.4. The van der Waals surface area contributed by atoms with Crippen molar-refractivity contribution in [1.82, 2.24) is 9.78 Å². The van der Waals surface area contributed by atoms with Gasteiger partial charge in [0, 0.05) is 11.9 Å². The number of rotatable bonds is 4. The summed E-state index contributed by atoms with van der Waals surface area (Å²) in [5.41, 5.74) is 1.90. The summed E-state index contributed by atoms with van der Waals surface area (Å²) in [6, 6.07) is 5.87. The normalized spacial score (nSPS) is 15.1. The molecule has 0 amide bonds. The van der Waals surface area contributed by atoms with Gasteiger partial charge in [0.05, 0.1) is 11.9 Å². The molecule has 1 fully saturated rings. The molecule has 3 rings (SSSR count). The highest BCUT2D eigenvalue weighted by Crippen LogP contribution is 2.37. The van der Waals surface area contributed by atoms with Gasteiger partial charge < -0.3 is 5.11 Å². The zero-order valence-corrected chi connectivity index (χ0v) is 12.0. The van der Waals surface area contributed by atoms with Gasteiger partial charge in [-0.15, -0.1) is 0 Å². The van der Waals surface area contributed by atoms with Gasteiger partial charge in [-0.2, -0.15) is 5.10 Å². The molecular weight excluding hydrogens is 268 g/mol. The number of aryl methyl sites for hydroxylation is 1. The zero-order valence-electron chi connectivity index (χ0n) is 12.0. The van der Waals surface area contributed by atoms with Crippen LogP contribution < -0.4 is 5.43 Å². The van der Waals surface area contributed by atoms with Crippen molar-refractivity contribution in [3.63, 3.8) is 0 Å². The molecule has 1 saturated carbocycles. The van der Waals surface area contributed by atoms with E-state index < -0.39 is 5.97 Å². The Balaban J connectivity index is 2.17. The molecule has 0 saturated heterocycles. The van der Waals surface area contributed by atoms with E-state index in [4.69, 9.17) is 5.11 Å². The van der Waals surface area contributed by atoms with Crippen molar-refractivity contribution >= 4 is 16.9 Å². The molecule has 5 heteroatoms. The van der Waals surface area contributed by atoms with Crippen molar-refractivity contribution in [1.29, 1.82) is 0 Å². The first-order valence-electron chi connectivity index (χ1n) is 7.35. The molecule has 1 aliphatic rings. The Kier molecular flexibility index (Phi) is 3.49. The molecular formula is C16H18N2O3. The number of carbonyl (C=O) groups is 1. The number of aliphatic carboxylic acids is 1. The predicted molar refractivity (Wildman–Crippen MR) is 79.6 cm³/mol. The number of benzene rings is 1. The Morgan fingerprint density at radius 3 is 2.76 bits per heavy atom. The monoisotopic (exact) mass is 286 g/mol. The zero-order chi connectivity index (χ0) is 15.0. The van der Waals surface area contributed by atoms with Gasteiger partial charge in [-0.05, 0) is 43.4 Å². The van der Waals surface area contributed by atoms with Crippen LogP contribution in [-0.4, -0.2) is 20.9 Å². The van der Waals surface area contributed by atoms with Gasteiger partial charge in [-0.3, -0.25) is 14.3 Å². The standard InChI is InChI=1S/C16H18N2O3/c1-2-18-14-8-11(10-4-3-5-10)6-7-12(14)16(21)13(17-18)9-15(19)20/h6-8,10H,2-5,9H2,1H3,(H,19,20). The van der Waals surface area contributed by atoms with E-state index in [0.717, 1.165) is 5.52 Å². The fraction of sp³-hybridized carbons (Fsp3) is 0.438. The van der Waals surface area contributed by atoms with Crippen LogP contribution in [0.1, 0.15) is 43.4 Å². The maximum absolute atomic E-state index is 12.4. The first-order chi connectivity index (χ1) is 10.1. The van der Waals surface area contributed by atoms with Gasteiger partial charge in [-0.25, -0.2) is 0 Å². The van der Waals surface area contributed by atoms with E-state index in [9.17, 15) is 9.59 Å². The first kappa shape index (κ1) is 13.8. The van der Waals surface area contributed by atoms with E-state index >= 15 is 0 Å². The lowest BCUT2D eigenvalue weighted by molar-refractivity contribution is -0.136. The number of nitrogens with zero attached hydrogens (tertiary/aromatic N) is 2. The number of fused-ring (bicyclic) bond motifs is 1. The first-order valence-corrected chi connectivity index (χ1v) is 7.35. The van der Waals surface area contributed by atoms with E-state index in [0.29, 0.717) is 17.8 Å². The van der Waals surface area contributed by atoms with E-state index in [-0.39, 0.29) is 17.5 Å². The maximum Gasteiger partial charge on any atom is 0.309 e. The van der Waals surface area contributed by atoms with Crippen LogP contribution in [0, 0.1) is 0 Å². The Hall–Kier alpha value is -2.17. The fourth-order valence-electron chi connectivity index (χ4n) is 2.85. The fourth-order valence-corrected chi connectivity index (χ4v) is 2.85. The number of hydrogen-bond donors (Lipinski definition) is 1. The van der Waals surface area contributed by atoms with Crippen LogP contribution in [0.5, 0.6) is 0 Å². The average Bonchev–Trinajstić information content (AvgIpc) is 2.39. The summed E-state index contributed by atoms with van der Waals surface area (Å²) in [7, 11) is 0. The van der Waals surface area contributed by atoms with Gasteiger partial charge in [0.2, 0.25) is 5.43 Å². The minimum Gasteiger partial charge on any atom is -0.481 e. The summed E-state index contributed by atoms with van der Waals surface area (Å²) in [6.07, 6.45) is 3.33. The predicted octanol–water partition coefficient (Wildman–Crippen LogP) is 2.31. The summed E-state index contributed by atoms with van der Waals surface area (Å²) in [5, 5.41) is 13.7. The topological polar surface area (TPSA) is 72.2 Å². The SMILES string of the molecule is CCn1nc(CC(=O)O)c(=O)c2ccc(C3CCC3)cc21. The molecule has 0 radical (unpaired) electrons. The molecule has 110 valence electrons. The van der Waals surface area contributed by atoms with E-state index in [1.54, 1.807) is 4.68 Å². The second-order valence-electron chi connectivity index (χ2n) is 5.57. The quantitative estimate of drug-likeness (QED) is 0.936. The molecule has 1 N–H and O–H groups in total. The number of carboxylic acids is 1. The van der Waals surface area contributed by atoms with Crippen molar-refractivity contribution in [2.75, 3.05) is 0 Å². The number of aromatic nitrogens is 2. The van der Waals surface area contributed by atoms with E-state index in [1.807, 2.05) is 25.1 Å². The van der Waals surface area contributed by atoms with Gasteiger partial charge in [0.1, 0.15) is 5.69 Å². The summed E-state index contributed by atoms with van der Waals surface area (Å²) in [6.45, 7) is 2.55. The van der Waals surface area contributed by atoms with Crippen molar-refractivity contribution < 1.29 is 9.90 Å². The van der Waals surface area contributed by atoms with Gasteiger partial charge in [-0.1, -0.05) is 12.5 Å². The molecule has 5 nitrogen and oxygen atoms in total. The third kappa shape index (κ3) is 2.44. The number of hydrogen-bond acceptors (Lipinski definition) is 3. The lowest BCUT2D eigenvalue weighted by atomic mass is 9.80. The highest BCUT2D eigenvalue weighted by atomic mass is 16.4. The molecule has 0 spiro atoms. The van der Waals surface area contributed by atoms with Gasteiger partial charge >= 0.3 is 5.97 Å². The highest BCUT2D eigenvalue weighted by Gasteiger charge is 2.21. The van der Waals surface area contributed by atoms with Crippen LogP contribution in [0.4, 0.5) is 0 Å². The van der Waals surface area contributed by atoms with Crippen LogP contribution in [0.25, 0.3) is 10.9 Å².